The molecule has 0 radical (unpaired) electrons. The molecule has 1 heterocycles. The molecule has 0 aromatic heterocycles. The molecule has 4 aromatic carbocycles. The topological polar surface area (TPSA) is 15.3 Å². The molecule has 0 amide bonds. The van der Waals surface area contributed by atoms with Crippen LogP contribution < -0.4 is 10.2 Å². The lowest BCUT2D eigenvalue weighted by atomic mass is 10.2. The summed E-state index contributed by atoms with van der Waals surface area (Å²) < 4.78 is 2.19. The highest BCUT2D eigenvalue weighted by Gasteiger charge is 2.14. The number of aryl methyl sites for hydroxylation is 4. The Hall–Kier alpha value is -1.70. The van der Waals surface area contributed by atoms with Gasteiger partial charge in [-0.3, -0.25) is 0 Å². The normalized spacial score (nSPS) is 12.7. The molecule has 5 rings (SSSR count). The molecule has 38 heavy (non-hydrogen) atoms. The molecule has 0 unspecified atom stereocenters. The highest BCUT2D eigenvalue weighted by Crippen LogP contribution is 2.37. The molecule has 1 saturated heterocycles. The lowest BCUT2D eigenvalue weighted by molar-refractivity contribution is 0.587. The Morgan fingerprint density at radius 2 is 1.24 bits per heavy atom. The van der Waals surface area contributed by atoms with Gasteiger partial charge in [0.1, 0.15) is 0 Å². The second kappa shape index (κ2) is 15.8. The molecule has 6 heteroatoms. The Bertz CT molecular complexity index is 1300. The first kappa shape index (κ1) is 30.8. The van der Waals surface area contributed by atoms with E-state index < -0.39 is 0 Å². The summed E-state index contributed by atoms with van der Waals surface area (Å²) >= 11 is 12.8. The smallest absolute Gasteiger partial charge is 0.0508 e. The Morgan fingerprint density at radius 1 is 0.684 bits per heavy atom. The van der Waals surface area contributed by atoms with Crippen LogP contribution in [0.3, 0.4) is 0 Å². The molecule has 1 N–H and O–H groups in total. The first-order valence-electron chi connectivity index (χ1n) is 12.7. The van der Waals surface area contributed by atoms with Gasteiger partial charge in [0.05, 0.1) is 5.69 Å². The second-order valence-electron chi connectivity index (χ2n) is 9.28. The van der Waals surface area contributed by atoms with Crippen molar-refractivity contribution >= 4 is 61.9 Å². The molecular weight excluding hydrogens is 636 g/mol. The summed E-state index contributed by atoms with van der Waals surface area (Å²) in [6, 6.07) is 29.6. The van der Waals surface area contributed by atoms with Crippen molar-refractivity contribution in [3.63, 3.8) is 0 Å². The number of anilines is 1. The lowest BCUT2D eigenvalue weighted by Crippen LogP contribution is -2.43. The monoisotopic (exact) mass is 670 g/mol. The van der Waals surface area contributed by atoms with E-state index in [1.807, 2.05) is 42.1 Å². The van der Waals surface area contributed by atoms with Crippen LogP contribution in [-0.2, 0) is 0 Å². The first-order chi connectivity index (χ1) is 18.2. The van der Waals surface area contributed by atoms with Gasteiger partial charge in [0.15, 0.2) is 0 Å². The molecule has 0 spiro atoms. The fourth-order valence-electron chi connectivity index (χ4n) is 3.99. The summed E-state index contributed by atoms with van der Waals surface area (Å²) in [6.07, 6.45) is 0. The third kappa shape index (κ3) is 9.80. The van der Waals surface area contributed by atoms with E-state index in [4.69, 9.17) is 0 Å². The average Bonchev–Trinajstić information content (AvgIpc) is 2.91. The van der Waals surface area contributed by atoms with Crippen molar-refractivity contribution in [1.29, 1.82) is 0 Å². The minimum atomic E-state index is 1.07. The standard InChI is InChI=1S/C18H22N2S.C8H10S.C6H4Br2/c1-14-7-8-17(15(2)13-14)21-18-6-4-3-5-16(18)20-11-9-19-10-12-20;1-6-3-4-8(9)7(2)5-6;7-5-3-1-2-4-6(5)8/h3-8,13,19H,9-12H2,1-2H3;3-5,9H,1-2H3;1-4H. The maximum absolute atomic E-state index is 4.25. The maximum Gasteiger partial charge on any atom is 0.0508 e. The average molecular weight is 673 g/mol. The SMILES string of the molecule is Brc1ccccc1Br.Cc1ccc(S)c(C)c1.Cc1ccc(Sc2ccccc2N2CCNCC2)c(C)c1. The predicted octanol–water partition coefficient (Wildman–Crippen LogP) is 9.67. The Morgan fingerprint density at radius 3 is 1.79 bits per heavy atom. The van der Waals surface area contributed by atoms with E-state index in [1.54, 1.807) is 0 Å². The van der Waals surface area contributed by atoms with Gasteiger partial charge in [-0.2, -0.15) is 0 Å². The van der Waals surface area contributed by atoms with Crippen molar-refractivity contribution in [2.24, 2.45) is 0 Å². The van der Waals surface area contributed by atoms with E-state index in [1.165, 1.54) is 37.7 Å². The summed E-state index contributed by atoms with van der Waals surface area (Å²) in [6.45, 7) is 12.8. The third-order valence-corrected chi connectivity index (χ3v) is 9.71. The minimum Gasteiger partial charge on any atom is -0.368 e. The summed E-state index contributed by atoms with van der Waals surface area (Å²) in [5.41, 5.74) is 6.59. The molecule has 1 fully saturated rings. The van der Waals surface area contributed by atoms with Crippen molar-refractivity contribution in [3.05, 3.63) is 116 Å². The van der Waals surface area contributed by atoms with Crippen LogP contribution in [0.2, 0.25) is 0 Å². The second-order valence-corrected chi connectivity index (χ2v) is 12.6. The highest BCUT2D eigenvalue weighted by molar-refractivity contribution is 9.13. The minimum absolute atomic E-state index is 1.07. The van der Waals surface area contributed by atoms with Gasteiger partial charge in [-0.1, -0.05) is 71.4 Å². The molecule has 0 atom stereocenters. The van der Waals surface area contributed by atoms with Crippen molar-refractivity contribution in [2.45, 2.75) is 42.4 Å². The number of benzene rings is 4. The van der Waals surface area contributed by atoms with Crippen molar-refractivity contribution < 1.29 is 0 Å². The number of para-hydroxylation sites is 1. The fraction of sp³-hybridized carbons (Fsp3) is 0.250. The van der Waals surface area contributed by atoms with Gasteiger partial charge >= 0.3 is 0 Å². The fourth-order valence-corrected chi connectivity index (χ4v) is 5.74. The van der Waals surface area contributed by atoms with Crippen molar-refractivity contribution in [1.82, 2.24) is 5.32 Å². The first-order valence-corrected chi connectivity index (χ1v) is 15.6. The van der Waals surface area contributed by atoms with Crippen LogP contribution in [0.1, 0.15) is 22.3 Å². The van der Waals surface area contributed by atoms with Crippen molar-refractivity contribution in [3.8, 4) is 0 Å². The maximum atomic E-state index is 4.25. The van der Waals surface area contributed by atoms with Crippen LogP contribution in [0, 0.1) is 27.7 Å². The van der Waals surface area contributed by atoms with E-state index in [9.17, 15) is 0 Å². The Balaban J connectivity index is 0.000000193. The molecular formula is C32H36Br2N2S2. The van der Waals surface area contributed by atoms with Crippen LogP contribution in [0.5, 0.6) is 0 Å². The predicted molar refractivity (Wildman–Crippen MR) is 177 cm³/mol. The van der Waals surface area contributed by atoms with E-state index >= 15 is 0 Å². The summed E-state index contributed by atoms with van der Waals surface area (Å²) in [4.78, 5) is 6.26. The van der Waals surface area contributed by atoms with Crippen LogP contribution >= 0.6 is 56.3 Å². The molecule has 2 nitrogen and oxygen atoms in total. The summed E-state index contributed by atoms with van der Waals surface area (Å²) in [5.74, 6) is 0. The number of piperazine rings is 1. The highest BCUT2D eigenvalue weighted by atomic mass is 79.9. The number of nitrogens with zero attached hydrogens (tertiary/aromatic N) is 1. The van der Waals surface area contributed by atoms with Crippen molar-refractivity contribution in [2.75, 3.05) is 31.1 Å². The molecule has 0 aliphatic carbocycles. The molecule has 1 aliphatic heterocycles. The van der Waals surface area contributed by atoms with Gasteiger partial charge in [-0.05, 0) is 107 Å². The van der Waals surface area contributed by atoms with Gasteiger partial charge in [0.25, 0.3) is 0 Å². The molecule has 4 aromatic rings. The van der Waals surface area contributed by atoms with E-state index in [0.717, 1.165) is 40.0 Å². The largest absolute Gasteiger partial charge is 0.368 e. The Labute approximate surface area is 255 Å². The van der Waals surface area contributed by atoms with E-state index in [-0.39, 0.29) is 0 Å². The van der Waals surface area contributed by atoms with Crippen LogP contribution in [-0.4, -0.2) is 26.2 Å². The van der Waals surface area contributed by atoms with Crippen LogP contribution in [0.25, 0.3) is 0 Å². The quantitative estimate of drug-likeness (QED) is 0.211. The van der Waals surface area contributed by atoms with E-state index in [0.29, 0.717) is 0 Å². The molecule has 0 bridgehead atoms. The third-order valence-electron chi connectivity index (χ3n) is 6.05. The summed E-state index contributed by atoms with van der Waals surface area (Å²) in [7, 11) is 0. The number of hydrogen-bond donors (Lipinski definition) is 2. The zero-order chi connectivity index (χ0) is 27.5. The lowest BCUT2D eigenvalue weighted by Gasteiger charge is -2.31. The van der Waals surface area contributed by atoms with Gasteiger partial charge in [-0.15, -0.1) is 12.6 Å². The van der Waals surface area contributed by atoms with E-state index in [2.05, 4.69) is 137 Å². The zero-order valence-corrected chi connectivity index (χ0v) is 27.4. The number of nitrogens with one attached hydrogen (secondary N) is 1. The summed E-state index contributed by atoms with van der Waals surface area (Å²) in [5, 5.41) is 3.42. The molecule has 1 aliphatic rings. The van der Waals surface area contributed by atoms with Gasteiger partial charge in [-0.25, -0.2) is 0 Å². The Kier molecular flexibility index (Phi) is 12.8. The molecule has 200 valence electrons. The van der Waals surface area contributed by atoms with Crippen LogP contribution in [0.4, 0.5) is 5.69 Å². The number of hydrogen-bond acceptors (Lipinski definition) is 4. The zero-order valence-electron chi connectivity index (χ0n) is 22.5. The van der Waals surface area contributed by atoms with Gasteiger partial charge in [0.2, 0.25) is 0 Å². The number of thiol groups is 1. The number of halogens is 2. The van der Waals surface area contributed by atoms with Gasteiger partial charge in [0, 0.05) is 49.8 Å². The van der Waals surface area contributed by atoms with Crippen LogP contribution in [0.15, 0.2) is 109 Å². The van der Waals surface area contributed by atoms with Gasteiger partial charge < -0.3 is 10.2 Å². The number of rotatable bonds is 3. The molecule has 0 saturated carbocycles.